The number of fused-ring (bicyclic) bond motifs is 2. The van der Waals surface area contributed by atoms with Gasteiger partial charge in [0.1, 0.15) is 0 Å². The van der Waals surface area contributed by atoms with Crippen LogP contribution < -0.4 is 0 Å². The molecule has 6 nitrogen and oxygen atoms in total. The van der Waals surface area contributed by atoms with Crippen LogP contribution in [0.15, 0.2) is 30.6 Å². The molecule has 1 N–H and O–H groups in total. The first kappa shape index (κ1) is 18.4. The van der Waals surface area contributed by atoms with E-state index in [1.54, 1.807) is 6.33 Å². The fourth-order valence-corrected chi connectivity index (χ4v) is 4.97. The van der Waals surface area contributed by atoms with Crippen LogP contribution in [-0.4, -0.2) is 51.2 Å². The lowest BCUT2D eigenvalue weighted by atomic mass is 9.78. The number of rotatable bonds is 3. The molecule has 29 heavy (non-hydrogen) atoms. The number of piperidine rings is 1. The smallest absolute Gasteiger partial charge is 0.226 e. The predicted octanol–water partition coefficient (Wildman–Crippen LogP) is 2.57. The zero-order valence-electron chi connectivity index (χ0n) is 17.0. The standard InChI is InChI=1S/C23H28N4O2/c1-16-2-4-17(5-3-16)14-20(28)26-12-9-23(10-13-26)21-19(24-15-25-21)8-11-27(23)22(29)18-6-7-18/h2-5,15,18H,6-14H2,1H3,(H,24,25). The molecule has 152 valence electrons. The van der Waals surface area contributed by atoms with Gasteiger partial charge in [0.15, 0.2) is 0 Å². The lowest BCUT2D eigenvalue weighted by molar-refractivity contribution is -0.145. The summed E-state index contributed by atoms with van der Waals surface area (Å²) in [6, 6.07) is 8.17. The Bertz CT molecular complexity index is 921. The molecule has 1 saturated heterocycles. The Labute approximate surface area is 171 Å². The van der Waals surface area contributed by atoms with Gasteiger partial charge < -0.3 is 14.8 Å². The van der Waals surface area contributed by atoms with Gasteiger partial charge in [-0.05, 0) is 38.2 Å². The molecule has 2 amide bonds. The van der Waals surface area contributed by atoms with Crippen molar-refractivity contribution in [2.75, 3.05) is 19.6 Å². The summed E-state index contributed by atoms with van der Waals surface area (Å²) in [7, 11) is 0. The molecule has 1 spiro atoms. The minimum atomic E-state index is -0.353. The monoisotopic (exact) mass is 392 g/mol. The molecule has 1 aromatic heterocycles. The number of hydrogen-bond acceptors (Lipinski definition) is 3. The van der Waals surface area contributed by atoms with Crippen molar-refractivity contribution in [2.24, 2.45) is 5.92 Å². The zero-order chi connectivity index (χ0) is 20.0. The SMILES string of the molecule is Cc1ccc(CC(=O)N2CCC3(CC2)c2nc[nH]c2CCN3C(=O)C2CC2)cc1. The normalized spacial score (nSPS) is 20.6. The Morgan fingerprint density at radius 3 is 2.55 bits per heavy atom. The summed E-state index contributed by atoms with van der Waals surface area (Å²) in [6.45, 7) is 4.15. The van der Waals surface area contributed by atoms with E-state index in [4.69, 9.17) is 0 Å². The molecular formula is C23H28N4O2. The van der Waals surface area contributed by atoms with E-state index in [1.807, 2.05) is 17.0 Å². The average Bonchev–Trinajstić information content (AvgIpc) is 3.47. The van der Waals surface area contributed by atoms with Gasteiger partial charge in [-0.2, -0.15) is 0 Å². The van der Waals surface area contributed by atoms with Gasteiger partial charge in [0.25, 0.3) is 0 Å². The van der Waals surface area contributed by atoms with E-state index in [9.17, 15) is 9.59 Å². The number of H-pyrrole nitrogens is 1. The Balaban J connectivity index is 1.33. The third kappa shape index (κ3) is 3.24. The molecule has 0 bridgehead atoms. The molecule has 3 aliphatic rings. The molecular weight excluding hydrogens is 364 g/mol. The van der Waals surface area contributed by atoms with Crippen LogP contribution in [-0.2, 0) is 28.0 Å². The molecule has 0 atom stereocenters. The van der Waals surface area contributed by atoms with Crippen molar-refractivity contribution >= 4 is 11.8 Å². The van der Waals surface area contributed by atoms with Gasteiger partial charge in [-0.15, -0.1) is 0 Å². The fraction of sp³-hybridized carbons (Fsp3) is 0.522. The van der Waals surface area contributed by atoms with Crippen LogP contribution in [0, 0.1) is 12.8 Å². The number of benzene rings is 1. The molecule has 0 radical (unpaired) electrons. The summed E-state index contributed by atoms with van der Waals surface area (Å²) in [4.78, 5) is 37.9. The van der Waals surface area contributed by atoms with Gasteiger partial charge in [0.2, 0.25) is 11.8 Å². The van der Waals surface area contributed by atoms with E-state index in [0.717, 1.165) is 55.6 Å². The maximum atomic E-state index is 13.1. The third-order valence-electron chi connectivity index (χ3n) is 6.87. The average molecular weight is 393 g/mol. The van der Waals surface area contributed by atoms with E-state index >= 15 is 0 Å². The highest BCUT2D eigenvalue weighted by Crippen LogP contribution is 2.45. The topological polar surface area (TPSA) is 69.3 Å². The molecule has 2 fully saturated rings. The van der Waals surface area contributed by atoms with Gasteiger partial charge in [-0.25, -0.2) is 4.98 Å². The summed E-state index contributed by atoms with van der Waals surface area (Å²) in [5.74, 6) is 0.661. The largest absolute Gasteiger partial charge is 0.348 e. The highest BCUT2D eigenvalue weighted by atomic mass is 16.2. The number of aromatic amines is 1. The summed E-state index contributed by atoms with van der Waals surface area (Å²) in [6.07, 6.45) is 6.59. The molecule has 1 aliphatic carbocycles. The number of amides is 2. The van der Waals surface area contributed by atoms with Crippen molar-refractivity contribution in [3.63, 3.8) is 0 Å². The highest BCUT2D eigenvalue weighted by molar-refractivity contribution is 5.82. The number of aryl methyl sites for hydroxylation is 1. The first-order valence-electron chi connectivity index (χ1n) is 10.7. The molecule has 2 aromatic rings. The number of imidazole rings is 1. The minimum Gasteiger partial charge on any atom is -0.348 e. The van der Waals surface area contributed by atoms with Crippen molar-refractivity contribution in [3.8, 4) is 0 Å². The molecule has 5 rings (SSSR count). The molecule has 0 unspecified atom stereocenters. The van der Waals surface area contributed by atoms with Crippen LogP contribution in [0.1, 0.15) is 48.2 Å². The maximum absolute atomic E-state index is 13.1. The number of carbonyl (C=O) groups is 2. The molecule has 1 saturated carbocycles. The number of nitrogens with zero attached hydrogens (tertiary/aromatic N) is 3. The maximum Gasteiger partial charge on any atom is 0.226 e. The Morgan fingerprint density at radius 2 is 1.86 bits per heavy atom. The van der Waals surface area contributed by atoms with Crippen LogP contribution in [0.2, 0.25) is 0 Å². The number of aromatic nitrogens is 2. The molecule has 1 aromatic carbocycles. The first-order valence-corrected chi connectivity index (χ1v) is 10.7. The predicted molar refractivity (Wildman–Crippen MR) is 109 cm³/mol. The quantitative estimate of drug-likeness (QED) is 0.873. The number of hydrogen-bond donors (Lipinski definition) is 1. The van der Waals surface area contributed by atoms with Crippen LogP contribution in [0.4, 0.5) is 0 Å². The van der Waals surface area contributed by atoms with Crippen LogP contribution >= 0.6 is 0 Å². The summed E-state index contributed by atoms with van der Waals surface area (Å²) in [5, 5.41) is 0. The van der Waals surface area contributed by atoms with Crippen molar-refractivity contribution in [1.82, 2.24) is 19.8 Å². The number of carbonyl (C=O) groups excluding carboxylic acids is 2. The number of nitrogens with one attached hydrogen (secondary N) is 1. The second-order valence-corrected chi connectivity index (χ2v) is 8.82. The van der Waals surface area contributed by atoms with Crippen LogP contribution in [0.5, 0.6) is 0 Å². The second-order valence-electron chi connectivity index (χ2n) is 8.82. The third-order valence-corrected chi connectivity index (χ3v) is 6.87. The van der Waals surface area contributed by atoms with Gasteiger partial charge in [0.05, 0.1) is 24.0 Å². The van der Waals surface area contributed by atoms with Crippen molar-refractivity contribution in [2.45, 2.75) is 51.0 Å². The Morgan fingerprint density at radius 1 is 1.14 bits per heavy atom. The van der Waals surface area contributed by atoms with E-state index < -0.39 is 0 Å². The van der Waals surface area contributed by atoms with Crippen LogP contribution in [0.25, 0.3) is 0 Å². The van der Waals surface area contributed by atoms with Crippen molar-refractivity contribution < 1.29 is 9.59 Å². The van der Waals surface area contributed by atoms with E-state index in [2.05, 4.69) is 33.9 Å². The van der Waals surface area contributed by atoms with Gasteiger partial charge in [-0.1, -0.05) is 29.8 Å². The number of likely N-dealkylation sites (tertiary alicyclic amines) is 1. The summed E-state index contributed by atoms with van der Waals surface area (Å²) in [5.41, 5.74) is 4.09. The first-order chi connectivity index (χ1) is 14.1. The summed E-state index contributed by atoms with van der Waals surface area (Å²) >= 11 is 0. The molecule has 2 aliphatic heterocycles. The van der Waals surface area contributed by atoms with E-state index in [1.165, 1.54) is 5.56 Å². The Hall–Kier alpha value is -2.63. The Kier molecular flexibility index (Phi) is 4.45. The molecule has 3 heterocycles. The zero-order valence-corrected chi connectivity index (χ0v) is 17.0. The highest BCUT2D eigenvalue weighted by Gasteiger charge is 2.51. The molecule has 6 heteroatoms. The van der Waals surface area contributed by atoms with Gasteiger partial charge in [-0.3, -0.25) is 9.59 Å². The van der Waals surface area contributed by atoms with E-state index in [0.29, 0.717) is 19.5 Å². The van der Waals surface area contributed by atoms with E-state index in [-0.39, 0.29) is 23.3 Å². The fourth-order valence-electron chi connectivity index (χ4n) is 4.97. The summed E-state index contributed by atoms with van der Waals surface area (Å²) < 4.78 is 0. The van der Waals surface area contributed by atoms with Gasteiger partial charge >= 0.3 is 0 Å². The van der Waals surface area contributed by atoms with Crippen molar-refractivity contribution in [1.29, 1.82) is 0 Å². The second kappa shape index (κ2) is 7.01. The van der Waals surface area contributed by atoms with Crippen LogP contribution in [0.3, 0.4) is 0 Å². The van der Waals surface area contributed by atoms with Gasteiger partial charge in [0, 0.05) is 37.7 Å². The lowest BCUT2D eigenvalue weighted by Gasteiger charge is -2.50. The lowest BCUT2D eigenvalue weighted by Crippen LogP contribution is -2.59. The van der Waals surface area contributed by atoms with Crippen molar-refractivity contribution in [3.05, 3.63) is 53.1 Å². The minimum absolute atomic E-state index is 0.168.